The quantitative estimate of drug-likeness (QED) is 0.831. The van der Waals surface area contributed by atoms with Crippen molar-refractivity contribution >= 4 is 5.91 Å². The first-order valence-corrected chi connectivity index (χ1v) is 11.2. The Labute approximate surface area is 174 Å². The summed E-state index contributed by atoms with van der Waals surface area (Å²) in [5, 5.41) is 11.1. The van der Waals surface area contributed by atoms with Crippen molar-refractivity contribution < 1.29 is 9.90 Å². The number of amides is 1. The van der Waals surface area contributed by atoms with Crippen molar-refractivity contribution in [2.75, 3.05) is 26.2 Å². The summed E-state index contributed by atoms with van der Waals surface area (Å²) >= 11 is 0. The number of carbonyl (C=O) groups is 1. The number of allylic oxidation sites excluding steroid dienone is 3. The van der Waals surface area contributed by atoms with Crippen LogP contribution in [0, 0.1) is 5.41 Å². The number of likely N-dealkylation sites (tertiary alicyclic amines) is 1. The molecule has 1 unspecified atom stereocenters. The molecule has 1 aromatic carbocycles. The molecule has 156 valence electrons. The number of aliphatic hydroxyl groups is 1. The number of hydrogen-bond donors (Lipinski definition) is 1. The van der Waals surface area contributed by atoms with Crippen LogP contribution in [0.15, 0.2) is 42.1 Å². The van der Waals surface area contributed by atoms with E-state index in [0.29, 0.717) is 12.8 Å². The average molecular weight is 395 g/mol. The van der Waals surface area contributed by atoms with Gasteiger partial charge < -0.3 is 14.9 Å². The Morgan fingerprint density at radius 1 is 1.14 bits per heavy atom. The third-order valence-electron chi connectivity index (χ3n) is 7.27. The molecule has 0 spiro atoms. The molecule has 29 heavy (non-hydrogen) atoms. The first-order chi connectivity index (χ1) is 14.0. The van der Waals surface area contributed by atoms with Gasteiger partial charge in [-0.1, -0.05) is 38.1 Å². The highest BCUT2D eigenvalue weighted by Crippen LogP contribution is 2.36. The summed E-state index contributed by atoms with van der Waals surface area (Å²) in [6, 6.07) is 6.81. The molecule has 4 rings (SSSR count). The van der Waals surface area contributed by atoms with Crippen molar-refractivity contribution in [1.82, 2.24) is 9.80 Å². The van der Waals surface area contributed by atoms with Crippen LogP contribution in [0.1, 0.15) is 49.8 Å². The van der Waals surface area contributed by atoms with Gasteiger partial charge in [0.2, 0.25) is 5.91 Å². The number of carbonyl (C=O) groups excluding carboxylic acids is 1. The average Bonchev–Trinajstić information content (AvgIpc) is 2.89. The normalized spacial score (nSPS) is 21.7. The fourth-order valence-electron chi connectivity index (χ4n) is 4.85. The van der Waals surface area contributed by atoms with Gasteiger partial charge in [0.25, 0.3) is 0 Å². The molecule has 3 aliphatic rings. The summed E-state index contributed by atoms with van der Waals surface area (Å²) in [6.07, 6.45) is 11.3. The Morgan fingerprint density at radius 3 is 2.45 bits per heavy atom. The van der Waals surface area contributed by atoms with Crippen LogP contribution < -0.4 is 0 Å². The largest absolute Gasteiger partial charge is 0.392 e. The lowest BCUT2D eigenvalue weighted by Crippen LogP contribution is -2.47. The van der Waals surface area contributed by atoms with Gasteiger partial charge in [-0.15, -0.1) is 0 Å². The predicted molar refractivity (Wildman–Crippen MR) is 117 cm³/mol. The molecule has 4 heteroatoms. The van der Waals surface area contributed by atoms with Crippen LogP contribution in [0.25, 0.3) is 0 Å². The SMILES string of the molecule is CCC(=O)N1CCC(C)(C(O)Cc2ccc3c(c2)CCN(C2=CC=C2)CC3)CC1. The van der Waals surface area contributed by atoms with Crippen LogP contribution in [-0.4, -0.2) is 53.1 Å². The van der Waals surface area contributed by atoms with E-state index in [1.54, 1.807) is 0 Å². The summed E-state index contributed by atoms with van der Waals surface area (Å²) in [7, 11) is 0. The minimum Gasteiger partial charge on any atom is -0.392 e. The lowest BCUT2D eigenvalue weighted by atomic mass is 9.73. The summed E-state index contributed by atoms with van der Waals surface area (Å²) < 4.78 is 0. The molecular formula is C25H34N2O2. The van der Waals surface area contributed by atoms with E-state index in [-0.39, 0.29) is 17.4 Å². The van der Waals surface area contributed by atoms with Crippen molar-refractivity contribution in [3.05, 3.63) is 58.8 Å². The van der Waals surface area contributed by atoms with Gasteiger partial charge in [0.15, 0.2) is 0 Å². The Hall–Kier alpha value is -2.07. The van der Waals surface area contributed by atoms with Crippen LogP contribution in [0.4, 0.5) is 0 Å². The van der Waals surface area contributed by atoms with Gasteiger partial charge in [-0.25, -0.2) is 0 Å². The fraction of sp³-hybridized carbons (Fsp3) is 0.560. The van der Waals surface area contributed by atoms with Gasteiger partial charge in [0.1, 0.15) is 0 Å². The second kappa shape index (κ2) is 8.35. The zero-order chi connectivity index (χ0) is 20.4. The number of rotatable bonds is 5. The highest BCUT2D eigenvalue weighted by atomic mass is 16.3. The summed E-state index contributed by atoms with van der Waals surface area (Å²) in [5.41, 5.74) is 5.37. The summed E-state index contributed by atoms with van der Waals surface area (Å²) in [4.78, 5) is 16.4. The smallest absolute Gasteiger partial charge is 0.222 e. The topological polar surface area (TPSA) is 43.8 Å². The molecule has 1 saturated heterocycles. The highest BCUT2D eigenvalue weighted by Gasteiger charge is 2.37. The fourth-order valence-corrected chi connectivity index (χ4v) is 4.85. The maximum atomic E-state index is 11.9. The first kappa shape index (κ1) is 20.2. The van der Waals surface area contributed by atoms with Crippen molar-refractivity contribution in [2.45, 2.75) is 58.5 Å². The third kappa shape index (κ3) is 4.28. The van der Waals surface area contributed by atoms with E-state index in [1.807, 2.05) is 11.8 Å². The second-order valence-electron chi connectivity index (χ2n) is 9.15. The number of fused-ring (bicyclic) bond motifs is 1. The van der Waals surface area contributed by atoms with Gasteiger partial charge >= 0.3 is 0 Å². The number of hydrogen-bond acceptors (Lipinski definition) is 3. The molecule has 0 aromatic heterocycles. The van der Waals surface area contributed by atoms with E-state index < -0.39 is 0 Å². The molecule has 0 radical (unpaired) electrons. The van der Waals surface area contributed by atoms with Crippen LogP contribution in [0.5, 0.6) is 0 Å². The summed E-state index contributed by atoms with van der Waals surface area (Å²) in [5.74, 6) is 0.231. The molecule has 0 saturated carbocycles. The number of nitrogens with zero attached hydrogens (tertiary/aromatic N) is 2. The van der Waals surface area contributed by atoms with E-state index in [4.69, 9.17) is 0 Å². The Kier molecular flexibility index (Phi) is 5.82. The molecule has 0 bridgehead atoms. The van der Waals surface area contributed by atoms with E-state index >= 15 is 0 Å². The molecule has 1 aromatic rings. The van der Waals surface area contributed by atoms with Crippen LogP contribution in [-0.2, 0) is 24.1 Å². The van der Waals surface area contributed by atoms with Crippen LogP contribution >= 0.6 is 0 Å². The molecule has 1 amide bonds. The van der Waals surface area contributed by atoms with E-state index in [0.717, 1.165) is 51.9 Å². The lowest BCUT2D eigenvalue weighted by Gasteiger charge is -2.42. The van der Waals surface area contributed by atoms with Crippen molar-refractivity contribution in [2.24, 2.45) is 5.41 Å². The molecule has 1 fully saturated rings. The van der Waals surface area contributed by atoms with E-state index in [1.165, 1.54) is 22.4 Å². The monoisotopic (exact) mass is 394 g/mol. The van der Waals surface area contributed by atoms with Gasteiger partial charge in [-0.3, -0.25) is 4.79 Å². The van der Waals surface area contributed by atoms with Gasteiger partial charge in [-0.05, 0) is 66.4 Å². The highest BCUT2D eigenvalue weighted by molar-refractivity contribution is 5.75. The number of benzene rings is 1. The maximum Gasteiger partial charge on any atom is 0.222 e. The zero-order valence-corrected chi connectivity index (χ0v) is 17.9. The summed E-state index contributed by atoms with van der Waals surface area (Å²) in [6.45, 7) is 7.79. The molecule has 2 heterocycles. The minimum atomic E-state index is -0.369. The number of piperidine rings is 1. The molecular weight excluding hydrogens is 360 g/mol. The molecule has 1 atom stereocenters. The van der Waals surface area contributed by atoms with Gasteiger partial charge in [-0.2, -0.15) is 0 Å². The Morgan fingerprint density at radius 2 is 1.83 bits per heavy atom. The molecule has 1 aliphatic carbocycles. The van der Waals surface area contributed by atoms with Crippen molar-refractivity contribution in [3.63, 3.8) is 0 Å². The lowest BCUT2D eigenvalue weighted by molar-refractivity contribution is -0.134. The standard InChI is InChI=1S/C25H34N2O2/c1-3-24(29)27-15-11-25(2,12-16-27)23(28)18-19-7-8-20-9-13-26(22-5-4-6-22)14-10-21(20)17-19/h4-8,17,23,28H,3,9-16,18H2,1-2H3. The first-order valence-electron chi connectivity index (χ1n) is 11.2. The Balaban J connectivity index is 1.38. The van der Waals surface area contributed by atoms with Gasteiger partial charge in [0, 0.05) is 38.3 Å². The van der Waals surface area contributed by atoms with Crippen molar-refractivity contribution in [3.8, 4) is 0 Å². The maximum absolute atomic E-state index is 11.9. The predicted octanol–water partition coefficient (Wildman–Crippen LogP) is 3.48. The minimum absolute atomic E-state index is 0.114. The molecule has 2 aliphatic heterocycles. The number of aliphatic hydroxyl groups excluding tert-OH is 1. The zero-order valence-electron chi connectivity index (χ0n) is 17.9. The second-order valence-corrected chi connectivity index (χ2v) is 9.15. The van der Waals surface area contributed by atoms with Crippen molar-refractivity contribution in [1.29, 1.82) is 0 Å². The third-order valence-corrected chi connectivity index (χ3v) is 7.27. The van der Waals surface area contributed by atoms with E-state index in [2.05, 4.69) is 48.3 Å². The van der Waals surface area contributed by atoms with Crippen LogP contribution in [0.3, 0.4) is 0 Å². The van der Waals surface area contributed by atoms with E-state index in [9.17, 15) is 9.90 Å². The van der Waals surface area contributed by atoms with Gasteiger partial charge in [0.05, 0.1) is 6.10 Å². The van der Waals surface area contributed by atoms with Crippen LogP contribution in [0.2, 0.25) is 0 Å². The molecule has 1 N–H and O–H groups in total. The molecule has 4 nitrogen and oxygen atoms in total. The Bertz CT molecular complexity index is 818.